The number of nitrogens with zero attached hydrogens (tertiary/aromatic N) is 3. The molecule has 1 aliphatic rings. The van der Waals surface area contributed by atoms with Gasteiger partial charge in [-0.2, -0.15) is 0 Å². The molecule has 4 aromatic rings. The van der Waals surface area contributed by atoms with Crippen LogP contribution in [0.5, 0.6) is 5.75 Å². The van der Waals surface area contributed by atoms with Crippen LogP contribution in [0.1, 0.15) is 73.6 Å². The second-order valence-electron chi connectivity index (χ2n) is 12.2. The van der Waals surface area contributed by atoms with Crippen molar-refractivity contribution >= 4 is 34.6 Å². The summed E-state index contributed by atoms with van der Waals surface area (Å²) < 4.78 is 8.15. The van der Waals surface area contributed by atoms with Crippen molar-refractivity contribution in [1.82, 2.24) is 14.9 Å². The van der Waals surface area contributed by atoms with Crippen molar-refractivity contribution in [1.29, 1.82) is 0 Å². The zero-order valence-electron chi connectivity index (χ0n) is 26.3. The van der Waals surface area contributed by atoms with Gasteiger partial charge in [-0.05, 0) is 86.4 Å². The van der Waals surface area contributed by atoms with Crippen molar-refractivity contribution in [3.8, 4) is 11.4 Å². The van der Waals surface area contributed by atoms with E-state index in [-0.39, 0.29) is 18.0 Å². The molecular weight excluding hydrogens is 554 g/mol. The van der Waals surface area contributed by atoms with Crippen molar-refractivity contribution in [2.24, 2.45) is 5.41 Å². The van der Waals surface area contributed by atoms with Crippen LogP contribution < -0.4 is 20.3 Å². The van der Waals surface area contributed by atoms with Gasteiger partial charge in [-0.25, -0.2) is 0 Å². The molecule has 3 heterocycles. The third kappa shape index (κ3) is 5.64. The number of pyridine rings is 1. The van der Waals surface area contributed by atoms with Gasteiger partial charge in [0.15, 0.2) is 5.11 Å². The standard InChI is InChI=1S/C35H41N5O2S/c1-9-24-14-12-13-21(2)31(24)39-22(3)19-26(23(39)4)32-30(28-15-10-11-18-36-28)38-34(43)40(32)25-16-17-27(29(20-25)42-8)37-33(41)35(5,6)7/h10-20,30,32H,9H2,1-8H3,(H,37,41)(H,38,43)/t30-,32+/m1/s1. The zero-order chi connectivity index (χ0) is 31.1. The highest BCUT2D eigenvalue weighted by molar-refractivity contribution is 7.80. The highest BCUT2D eigenvalue weighted by Gasteiger charge is 2.42. The van der Waals surface area contributed by atoms with Gasteiger partial charge in [0.1, 0.15) is 5.75 Å². The number of hydrogen-bond acceptors (Lipinski definition) is 4. The van der Waals surface area contributed by atoms with E-state index in [4.69, 9.17) is 21.9 Å². The third-order valence-corrected chi connectivity index (χ3v) is 8.52. The predicted octanol–water partition coefficient (Wildman–Crippen LogP) is 7.53. The van der Waals surface area contributed by atoms with E-state index < -0.39 is 5.41 Å². The lowest BCUT2D eigenvalue weighted by atomic mass is 9.95. The van der Waals surface area contributed by atoms with Crippen molar-refractivity contribution in [2.75, 3.05) is 17.3 Å². The van der Waals surface area contributed by atoms with Crippen LogP contribution in [-0.2, 0) is 11.2 Å². The number of rotatable bonds is 7. The van der Waals surface area contributed by atoms with Crippen molar-refractivity contribution in [2.45, 2.75) is 67.0 Å². The molecule has 0 radical (unpaired) electrons. The van der Waals surface area contributed by atoms with E-state index in [0.29, 0.717) is 16.5 Å². The van der Waals surface area contributed by atoms with Crippen LogP contribution in [0.3, 0.4) is 0 Å². The highest BCUT2D eigenvalue weighted by Crippen LogP contribution is 2.45. The fraction of sp³-hybridized carbons (Fsp3) is 0.343. The van der Waals surface area contributed by atoms with E-state index in [1.165, 1.54) is 16.8 Å². The lowest BCUT2D eigenvalue weighted by Crippen LogP contribution is -2.30. The Kier molecular flexibility index (Phi) is 8.34. The summed E-state index contributed by atoms with van der Waals surface area (Å²) in [7, 11) is 1.61. The Morgan fingerprint density at radius 1 is 1.07 bits per heavy atom. The lowest BCUT2D eigenvalue weighted by Gasteiger charge is -2.29. The summed E-state index contributed by atoms with van der Waals surface area (Å²) in [5.74, 6) is 0.482. The van der Waals surface area contributed by atoms with Crippen LogP contribution in [0.4, 0.5) is 11.4 Å². The Labute approximate surface area is 260 Å². The molecule has 0 spiro atoms. The Bertz CT molecular complexity index is 1670. The molecule has 2 aromatic carbocycles. The van der Waals surface area contributed by atoms with E-state index in [1.54, 1.807) is 7.11 Å². The number of ether oxygens (including phenoxy) is 1. The minimum atomic E-state index is -0.539. The second-order valence-corrected chi connectivity index (χ2v) is 12.6. The molecule has 0 aliphatic carbocycles. The number of carbonyl (C=O) groups is 1. The number of thiocarbonyl (C=S) groups is 1. The average Bonchev–Trinajstić information content (AvgIpc) is 3.47. The number of benzene rings is 2. The molecule has 0 unspecified atom stereocenters. The van der Waals surface area contributed by atoms with Gasteiger partial charge >= 0.3 is 0 Å². The number of nitrogens with one attached hydrogen (secondary N) is 2. The number of hydrogen-bond donors (Lipinski definition) is 2. The molecule has 2 N–H and O–H groups in total. The minimum absolute atomic E-state index is 0.0832. The van der Waals surface area contributed by atoms with Crippen LogP contribution >= 0.6 is 12.2 Å². The Morgan fingerprint density at radius 3 is 2.49 bits per heavy atom. The van der Waals surface area contributed by atoms with E-state index in [1.807, 2.05) is 63.4 Å². The first-order valence-electron chi connectivity index (χ1n) is 14.7. The molecule has 2 aromatic heterocycles. The first-order valence-corrected chi connectivity index (χ1v) is 15.1. The zero-order valence-corrected chi connectivity index (χ0v) is 27.1. The van der Waals surface area contributed by atoms with E-state index in [2.05, 4.69) is 72.1 Å². The third-order valence-electron chi connectivity index (χ3n) is 8.21. The molecule has 0 saturated carbocycles. The van der Waals surface area contributed by atoms with Gasteiger partial charge in [0.05, 0.1) is 36.3 Å². The monoisotopic (exact) mass is 595 g/mol. The molecule has 1 aliphatic heterocycles. The highest BCUT2D eigenvalue weighted by atomic mass is 32.1. The van der Waals surface area contributed by atoms with Crippen LogP contribution in [-0.4, -0.2) is 27.7 Å². The molecule has 5 rings (SSSR count). The summed E-state index contributed by atoms with van der Waals surface area (Å²) in [6, 6.07) is 20.2. The first kappa shape index (κ1) is 30.3. The van der Waals surface area contributed by atoms with Gasteiger partial charge in [0.2, 0.25) is 5.91 Å². The number of para-hydroxylation sites is 1. The summed E-state index contributed by atoms with van der Waals surface area (Å²) >= 11 is 6.01. The molecule has 7 nitrogen and oxygen atoms in total. The normalized spacial score (nSPS) is 16.7. The number of methoxy groups -OCH3 is 1. The molecule has 224 valence electrons. The van der Waals surface area contributed by atoms with E-state index in [0.717, 1.165) is 34.8 Å². The fourth-order valence-corrected chi connectivity index (χ4v) is 6.29. The van der Waals surface area contributed by atoms with Crippen molar-refractivity contribution in [3.63, 3.8) is 0 Å². The lowest BCUT2D eigenvalue weighted by molar-refractivity contribution is -0.123. The maximum atomic E-state index is 12.8. The molecule has 8 heteroatoms. The molecule has 1 amide bonds. The smallest absolute Gasteiger partial charge is 0.229 e. The quantitative estimate of drug-likeness (QED) is 0.215. The molecule has 1 fully saturated rings. The molecule has 2 atom stereocenters. The van der Waals surface area contributed by atoms with Crippen LogP contribution in [0.2, 0.25) is 0 Å². The van der Waals surface area contributed by atoms with Crippen LogP contribution in [0, 0.1) is 26.2 Å². The van der Waals surface area contributed by atoms with E-state index in [9.17, 15) is 4.79 Å². The summed E-state index contributed by atoms with van der Waals surface area (Å²) in [5.41, 5.74) is 9.12. The minimum Gasteiger partial charge on any atom is -0.494 e. The maximum Gasteiger partial charge on any atom is 0.229 e. The summed E-state index contributed by atoms with van der Waals surface area (Å²) in [4.78, 5) is 19.7. The number of aryl methyl sites for hydroxylation is 3. The Morgan fingerprint density at radius 2 is 1.84 bits per heavy atom. The topological polar surface area (TPSA) is 71.4 Å². The fourth-order valence-electron chi connectivity index (χ4n) is 5.95. The molecule has 43 heavy (non-hydrogen) atoms. The number of amides is 1. The number of aromatic nitrogens is 2. The average molecular weight is 596 g/mol. The summed E-state index contributed by atoms with van der Waals surface area (Å²) in [5, 5.41) is 7.20. The SMILES string of the molecule is CCc1cccc(C)c1-n1c(C)cc([C@H]2[C@@H](c3ccccn3)NC(=S)N2c2ccc(NC(=O)C(C)(C)C)c(OC)c2)c1C. The molecule has 1 saturated heterocycles. The van der Waals surface area contributed by atoms with Gasteiger partial charge in [-0.15, -0.1) is 0 Å². The van der Waals surface area contributed by atoms with Crippen LogP contribution in [0.15, 0.2) is 66.9 Å². The summed E-state index contributed by atoms with van der Waals surface area (Å²) in [6.45, 7) is 14.4. The second kappa shape index (κ2) is 11.8. The van der Waals surface area contributed by atoms with Crippen LogP contribution in [0.25, 0.3) is 5.69 Å². The molecular formula is C35H41N5O2S. The predicted molar refractivity (Wildman–Crippen MR) is 178 cm³/mol. The number of carbonyl (C=O) groups excluding carboxylic acids is 1. The van der Waals surface area contributed by atoms with Gasteiger partial charge < -0.3 is 24.8 Å². The number of anilines is 2. The van der Waals surface area contributed by atoms with Gasteiger partial charge in [0.25, 0.3) is 0 Å². The Hall–Kier alpha value is -4.17. The summed E-state index contributed by atoms with van der Waals surface area (Å²) in [6.07, 6.45) is 2.76. The molecule has 0 bridgehead atoms. The Balaban J connectivity index is 1.66. The van der Waals surface area contributed by atoms with Gasteiger partial charge in [0, 0.05) is 34.8 Å². The van der Waals surface area contributed by atoms with E-state index >= 15 is 0 Å². The first-order chi connectivity index (χ1) is 20.5. The largest absolute Gasteiger partial charge is 0.494 e. The van der Waals surface area contributed by atoms with Gasteiger partial charge in [-0.3, -0.25) is 9.78 Å². The van der Waals surface area contributed by atoms with Crippen molar-refractivity contribution < 1.29 is 9.53 Å². The van der Waals surface area contributed by atoms with Gasteiger partial charge in [-0.1, -0.05) is 52.0 Å². The van der Waals surface area contributed by atoms with Crippen molar-refractivity contribution in [3.05, 3.63) is 101 Å². The maximum absolute atomic E-state index is 12.8.